The number of hydrogen-bond acceptors (Lipinski definition) is 1. The van der Waals surface area contributed by atoms with E-state index in [4.69, 9.17) is 0 Å². The predicted molar refractivity (Wildman–Crippen MR) is 56.3 cm³/mol. The van der Waals surface area contributed by atoms with E-state index in [1.165, 1.54) is 11.3 Å². The van der Waals surface area contributed by atoms with Gasteiger partial charge < -0.3 is 0 Å². The monoisotopic (exact) mass is 212 g/mol. The van der Waals surface area contributed by atoms with Crippen molar-refractivity contribution in [3.05, 3.63) is 34.2 Å². The molecule has 0 saturated heterocycles. The average molecular weight is 212 g/mol. The van der Waals surface area contributed by atoms with E-state index in [-0.39, 0.29) is 5.56 Å². The molecule has 0 radical (unpaired) electrons. The van der Waals surface area contributed by atoms with Crippen molar-refractivity contribution in [1.82, 2.24) is 0 Å². The summed E-state index contributed by atoms with van der Waals surface area (Å²) in [6.07, 6.45) is -2.37. The summed E-state index contributed by atoms with van der Waals surface area (Å²) in [5, 5.41) is 0.741. The summed E-state index contributed by atoms with van der Waals surface area (Å²) in [7, 11) is 0. The highest BCUT2D eigenvalue weighted by molar-refractivity contribution is 7.19. The van der Waals surface area contributed by atoms with Crippen molar-refractivity contribution in [1.29, 1.82) is 0 Å². The Morgan fingerprint density at radius 1 is 1.21 bits per heavy atom. The molecule has 3 heteroatoms. The van der Waals surface area contributed by atoms with Gasteiger partial charge in [0.1, 0.15) is 0 Å². The van der Waals surface area contributed by atoms with Crippen molar-refractivity contribution in [2.24, 2.45) is 0 Å². The van der Waals surface area contributed by atoms with Gasteiger partial charge in [0, 0.05) is 20.5 Å². The van der Waals surface area contributed by atoms with E-state index in [1.807, 2.05) is 25.1 Å². The summed E-state index contributed by atoms with van der Waals surface area (Å²) in [5.41, 5.74) is 1.14. The Morgan fingerprint density at radius 3 is 2.57 bits per heavy atom. The van der Waals surface area contributed by atoms with Crippen LogP contribution in [0.4, 0.5) is 8.78 Å². The first kappa shape index (κ1) is 9.59. The summed E-state index contributed by atoms with van der Waals surface area (Å²) in [6, 6.07) is 5.68. The fraction of sp³-hybridized carbons (Fsp3) is 0.273. The van der Waals surface area contributed by atoms with Crippen LogP contribution in [0.1, 0.15) is 22.4 Å². The van der Waals surface area contributed by atoms with Crippen LogP contribution in [0.2, 0.25) is 0 Å². The number of thiophene rings is 1. The molecule has 0 fully saturated rings. The van der Waals surface area contributed by atoms with Crippen LogP contribution in [-0.4, -0.2) is 0 Å². The molecule has 74 valence electrons. The van der Waals surface area contributed by atoms with Gasteiger partial charge in [0.05, 0.1) is 0 Å². The lowest BCUT2D eigenvalue weighted by atomic mass is 10.1. The second kappa shape index (κ2) is 3.31. The molecule has 0 saturated carbocycles. The molecule has 2 aromatic rings. The minimum atomic E-state index is -2.37. The molecule has 14 heavy (non-hydrogen) atoms. The van der Waals surface area contributed by atoms with Gasteiger partial charge in [0.2, 0.25) is 0 Å². The molecule has 1 aromatic carbocycles. The van der Waals surface area contributed by atoms with Gasteiger partial charge in [-0.2, -0.15) is 0 Å². The highest BCUT2D eigenvalue weighted by Crippen LogP contribution is 2.38. The van der Waals surface area contributed by atoms with E-state index < -0.39 is 6.43 Å². The second-order valence-electron chi connectivity index (χ2n) is 3.32. The summed E-state index contributed by atoms with van der Waals surface area (Å²) in [4.78, 5) is 0.726. The maximum atomic E-state index is 12.8. The first-order valence-electron chi connectivity index (χ1n) is 4.38. The first-order chi connectivity index (χ1) is 6.61. The standard InChI is InChI=1S/C11H10F2S/c1-6-4-3-5-8-9(6)10(11(12)13)7(2)14-8/h3-5,11H,1-2H3. The van der Waals surface area contributed by atoms with Gasteiger partial charge in [-0.15, -0.1) is 11.3 Å². The molecule has 0 aliphatic heterocycles. The molecule has 0 aliphatic carbocycles. The zero-order valence-corrected chi connectivity index (χ0v) is 8.79. The topological polar surface area (TPSA) is 0 Å². The SMILES string of the molecule is Cc1sc2cccc(C)c2c1C(F)F. The molecular weight excluding hydrogens is 202 g/mol. The summed E-state index contributed by atoms with van der Waals surface area (Å²) in [6.45, 7) is 3.63. The molecule has 0 spiro atoms. The molecule has 0 atom stereocenters. The Hall–Kier alpha value is -0.960. The first-order valence-corrected chi connectivity index (χ1v) is 5.19. The zero-order valence-electron chi connectivity index (χ0n) is 7.97. The van der Waals surface area contributed by atoms with Crippen LogP contribution >= 0.6 is 11.3 Å². The minimum Gasteiger partial charge on any atom is -0.205 e. The lowest BCUT2D eigenvalue weighted by molar-refractivity contribution is 0.153. The molecule has 0 amide bonds. The van der Waals surface area contributed by atoms with Gasteiger partial charge in [-0.1, -0.05) is 12.1 Å². The maximum absolute atomic E-state index is 12.8. The smallest absolute Gasteiger partial charge is 0.205 e. The Labute approximate surface area is 85.2 Å². The summed E-state index contributed by atoms with van der Waals surface area (Å²) in [5.74, 6) is 0. The normalized spacial score (nSPS) is 11.5. The minimum absolute atomic E-state index is 0.211. The summed E-state index contributed by atoms with van der Waals surface area (Å²) >= 11 is 1.44. The van der Waals surface area contributed by atoms with Gasteiger partial charge in [0.15, 0.2) is 0 Å². The van der Waals surface area contributed by atoms with E-state index in [0.29, 0.717) is 0 Å². The zero-order chi connectivity index (χ0) is 10.3. The van der Waals surface area contributed by atoms with Crippen LogP contribution in [0, 0.1) is 13.8 Å². The number of benzene rings is 1. The van der Waals surface area contributed by atoms with Crippen molar-refractivity contribution < 1.29 is 8.78 Å². The molecule has 0 aliphatic rings. The molecule has 0 nitrogen and oxygen atoms in total. The van der Waals surface area contributed by atoms with Crippen molar-refractivity contribution in [2.45, 2.75) is 20.3 Å². The van der Waals surface area contributed by atoms with Crippen LogP contribution < -0.4 is 0 Å². The van der Waals surface area contributed by atoms with E-state index in [0.717, 1.165) is 20.5 Å². The van der Waals surface area contributed by atoms with E-state index in [9.17, 15) is 8.78 Å². The Morgan fingerprint density at radius 2 is 1.93 bits per heavy atom. The largest absolute Gasteiger partial charge is 0.265 e. The molecule has 1 aromatic heterocycles. The van der Waals surface area contributed by atoms with Gasteiger partial charge in [-0.3, -0.25) is 0 Å². The molecule has 0 N–H and O–H groups in total. The second-order valence-corrected chi connectivity index (χ2v) is 4.58. The van der Waals surface area contributed by atoms with E-state index in [1.54, 1.807) is 6.92 Å². The Kier molecular flexibility index (Phi) is 2.27. The molecule has 2 rings (SSSR count). The third kappa shape index (κ3) is 1.32. The number of alkyl halides is 2. The van der Waals surface area contributed by atoms with Crippen LogP contribution in [-0.2, 0) is 0 Å². The maximum Gasteiger partial charge on any atom is 0.265 e. The summed E-state index contributed by atoms with van der Waals surface area (Å²) < 4.78 is 26.5. The fourth-order valence-corrected chi connectivity index (χ4v) is 2.88. The van der Waals surface area contributed by atoms with Gasteiger partial charge in [-0.05, 0) is 25.5 Å². The highest BCUT2D eigenvalue weighted by atomic mass is 32.1. The van der Waals surface area contributed by atoms with Crippen molar-refractivity contribution in [3.63, 3.8) is 0 Å². The molecule has 0 unspecified atom stereocenters. The van der Waals surface area contributed by atoms with Crippen molar-refractivity contribution >= 4 is 21.4 Å². The number of rotatable bonds is 1. The van der Waals surface area contributed by atoms with E-state index >= 15 is 0 Å². The van der Waals surface area contributed by atoms with Gasteiger partial charge in [0.25, 0.3) is 6.43 Å². The average Bonchev–Trinajstić information content (AvgIpc) is 2.42. The fourth-order valence-electron chi connectivity index (χ4n) is 1.73. The lowest BCUT2D eigenvalue weighted by Gasteiger charge is -2.01. The number of halogens is 2. The van der Waals surface area contributed by atoms with Gasteiger partial charge >= 0.3 is 0 Å². The molecular formula is C11H10F2S. The van der Waals surface area contributed by atoms with Crippen LogP contribution in [0.25, 0.3) is 10.1 Å². The van der Waals surface area contributed by atoms with Crippen LogP contribution in [0.15, 0.2) is 18.2 Å². The van der Waals surface area contributed by atoms with Crippen LogP contribution in [0.3, 0.4) is 0 Å². The lowest BCUT2D eigenvalue weighted by Crippen LogP contribution is -1.86. The third-order valence-electron chi connectivity index (χ3n) is 2.36. The number of hydrogen-bond donors (Lipinski definition) is 0. The number of fused-ring (bicyclic) bond motifs is 1. The molecule has 1 heterocycles. The van der Waals surface area contributed by atoms with Crippen molar-refractivity contribution in [2.75, 3.05) is 0 Å². The Bertz CT molecular complexity index is 471. The van der Waals surface area contributed by atoms with Crippen molar-refractivity contribution in [3.8, 4) is 0 Å². The highest BCUT2D eigenvalue weighted by Gasteiger charge is 2.18. The third-order valence-corrected chi connectivity index (χ3v) is 3.45. The Balaban J connectivity index is 2.86. The number of aryl methyl sites for hydroxylation is 2. The van der Waals surface area contributed by atoms with Crippen LogP contribution in [0.5, 0.6) is 0 Å². The van der Waals surface area contributed by atoms with Gasteiger partial charge in [-0.25, -0.2) is 8.78 Å². The predicted octanol–water partition coefficient (Wildman–Crippen LogP) is 4.46. The quantitative estimate of drug-likeness (QED) is 0.654. The van der Waals surface area contributed by atoms with E-state index in [2.05, 4.69) is 0 Å². The molecule has 0 bridgehead atoms.